The molecule has 1 unspecified atom stereocenters. The average Bonchev–Trinajstić information content (AvgIpc) is 2.81. The van der Waals surface area contributed by atoms with Gasteiger partial charge in [0, 0.05) is 19.6 Å². The zero-order valence-electron chi connectivity index (χ0n) is 12.4. The summed E-state index contributed by atoms with van der Waals surface area (Å²) in [5.41, 5.74) is -0.339. The molecule has 0 saturated heterocycles. The minimum Gasteiger partial charge on any atom is -0.481 e. The number of carbonyl (C=O) groups excluding carboxylic acids is 1. The van der Waals surface area contributed by atoms with Crippen molar-refractivity contribution in [2.45, 2.75) is 58.3 Å². The maximum Gasteiger partial charge on any atom is 0.303 e. The molecular weight excluding hydrogens is 258 g/mol. The molecule has 1 saturated carbocycles. The summed E-state index contributed by atoms with van der Waals surface area (Å²) >= 11 is 0. The summed E-state index contributed by atoms with van der Waals surface area (Å²) in [4.78, 5) is 23.0. The van der Waals surface area contributed by atoms with Gasteiger partial charge in [0.1, 0.15) is 0 Å². The number of aliphatic carboxylic acids is 1. The Balaban J connectivity index is 2.44. The van der Waals surface area contributed by atoms with Gasteiger partial charge in [0.15, 0.2) is 0 Å². The Labute approximate surface area is 120 Å². The van der Waals surface area contributed by atoms with Gasteiger partial charge in [0.2, 0.25) is 5.91 Å². The third-order valence-corrected chi connectivity index (χ3v) is 4.43. The summed E-state index contributed by atoms with van der Waals surface area (Å²) in [6.45, 7) is 2.74. The van der Waals surface area contributed by atoms with E-state index in [9.17, 15) is 9.59 Å². The van der Waals surface area contributed by atoms with Crippen LogP contribution in [0.15, 0.2) is 0 Å². The quantitative estimate of drug-likeness (QED) is 0.604. The number of amides is 1. The molecule has 1 rings (SSSR count). The lowest BCUT2D eigenvalue weighted by Gasteiger charge is -2.26. The van der Waals surface area contributed by atoms with E-state index in [4.69, 9.17) is 10.2 Å². The minimum absolute atomic E-state index is 0.0514. The Morgan fingerprint density at radius 3 is 2.40 bits per heavy atom. The van der Waals surface area contributed by atoms with E-state index in [1.165, 1.54) is 0 Å². The van der Waals surface area contributed by atoms with Crippen LogP contribution in [0, 0.1) is 11.3 Å². The Hall–Kier alpha value is -1.10. The maximum absolute atomic E-state index is 12.0. The lowest BCUT2D eigenvalue weighted by molar-refractivity contribution is -0.140. The van der Waals surface area contributed by atoms with Gasteiger partial charge in [-0.2, -0.15) is 0 Å². The second-order valence-corrected chi connectivity index (χ2v) is 6.05. The van der Waals surface area contributed by atoms with Crippen LogP contribution in [0.3, 0.4) is 0 Å². The molecule has 5 nitrogen and oxygen atoms in total. The first-order valence-electron chi connectivity index (χ1n) is 7.60. The van der Waals surface area contributed by atoms with Crippen molar-refractivity contribution in [2.24, 2.45) is 11.3 Å². The first-order valence-corrected chi connectivity index (χ1v) is 7.60. The van der Waals surface area contributed by atoms with Gasteiger partial charge in [-0.25, -0.2) is 0 Å². The van der Waals surface area contributed by atoms with Crippen LogP contribution in [0.2, 0.25) is 0 Å². The molecule has 0 heterocycles. The molecule has 0 aromatic carbocycles. The smallest absolute Gasteiger partial charge is 0.303 e. The predicted octanol–water partition coefficient (Wildman–Crippen LogP) is 1.94. The fourth-order valence-corrected chi connectivity index (χ4v) is 3.16. The van der Waals surface area contributed by atoms with Gasteiger partial charge in [-0.1, -0.05) is 26.2 Å². The fourth-order valence-electron chi connectivity index (χ4n) is 3.16. The number of carboxylic acid groups (broad SMARTS) is 1. The molecule has 0 aromatic heterocycles. The fraction of sp³-hybridized carbons (Fsp3) is 0.867. The topological polar surface area (TPSA) is 86.6 Å². The zero-order chi connectivity index (χ0) is 15.0. The molecule has 5 heteroatoms. The molecule has 3 N–H and O–H groups in total. The van der Waals surface area contributed by atoms with Crippen molar-refractivity contribution in [3.8, 4) is 0 Å². The Kier molecular flexibility index (Phi) is 6.99. The SMILES string of the molecule is CCC(CCO)CNC(=O)CC1(CC(=O)O)CCCC1. The van der Waals surface area contributed by atoms with Crippen molar-refractivity contribution in [3.05, 3.63) is 0 Å². The summed E-state index contributed by atoms with van der Waals surface area (Å²) in [5, 5.41) is 20.8. The highest BCUT2D eigenvalue weighted by Gasteiger charge is 2.37. The van der Waals surface area contributed by atoms with Crippen LogP contribution in [-0.4, -0.2) is 35.2 Å². The highest BCUT2D eigenvalue weighted by molar-refractivity contribution is 5.78. The lowest BCUT2D eigenvalue weighted by Crippen LogP contribution is -2.34. The normalized spacial score (nSPS) is 18.7. The van der Waals surface area contributed by atoms with Crippen molar-refractivity contribution in [2.75, 3.05) is 13.2 Å². The zero-order valence-corrected chi connectivity index (χ0v) is 12.4. The summed E-state index contributed by atoms with van der Waals surface area (Å²) in [6.07, 6.45) is 5.72. The molecule has 0 spiro atoms. The van der Waals surface area contributed by atoms with Crippen molar-refractivity contribution >= 4 is 11.9 Å². The van der Waals surface area contributed by atoms with Gasteiger partial charge < -0.3 is 15.5 Å². The van der Waals surface area contributed by atoms with Gasteiger partial charge in [-0.15, -0.1) is 0 Å². The van der Waals surface area contributed by atoms with E-state index in [0.717, 1.165) is 32.1 Å². The second kappa shape index (κ2) is 8.25. The van der Waals surface area contributed by atoms with Crippen molar-refractivity contribution in [1.82, 2.24) is 5.32 Å². The van der Waals surface area contributed by atoms with E-state index in [1.54, 1.807) is 0 Å². The Morgan fingerprint density at radius 1 is 1.25 bits per heavy atom. The van der Waals surface area contributed by atoms with Gasteiger partial charge in [-0.05, 0) is 30.6 Å². The van der Waals surface area contributed by atoms with Crippen LogP contribution >= 0.6 is 0 Å². The number of hydrogen-bond donors (Lipinski definition) is 3. The van der Waals surface area contributed by atoms with Crippen molar-refractivity contribution < 1.29 is 19.8 Å². The van der Waals surface area contributed by atoms with Crippen LogP contribution in [0.5, 0.6) is 0 Å². The van der Waals surface area contributed by atoms with E-state index in [1.807, 2.05) is 6.92 Å². The number of carboxylic acids is 1. The lowest BCUT2D eigenvalue weighted by atomic mass is 9.79. The van der Waals surface area contributed by atoms with Crippen LogP contribution in [0.4, 0.5) is 0 Å². The maximum atomic E-state index is 12.0. The van der Waals surface area contributed by atoms with Gasteiger partial charge >= 0.3 is 5.97 Å². The molecule has 0 aliphatic heterocycles. The van der Waals surface area contributed by atoms with Crippen molar-refractivity contribution in [1.29, 1.82) is 0 Å². The molecule has 1 atom stereocenters. The summed E-state index contributed by atoms with van der Waals surface area (Å²) in [6, 6.07) is 0. The van der Waals surface area contributed by atoms with Crippen LogP contribution < -0.4 is 5.32 Å². The molecular formula is C15H27NO4. The molecule has 0 aromatic rings. The third-order valence-electron chi connectivity index (χ3n) is 4.43. The Bertz CT molecular complexity index is 324. The molecule has 20 heavy (non-hydrogen) atoms. The molecule has 116 valence electrons. The molecule has 1 aliphatic rings. The van der Waals surface area contributed by atoms with Crippen LogP contribution in [0.25, 0.3) is 0 Å². The third kappa shape index (κ3) is 5.49. The molecule has 1 aliphatic carbocycles. The van der Waals surface area contributed by atoms with Crippen LogP contribution in [-0.2, 0) is 9.59 Å². The molecule has 0 radical (unpaired) electrons. The number of carbonyl (C=O) groups is 2. The van der Waals surface area contributed by atoms with Crippen molar-refractivity contribution in [3.63, 3.8) is 0 Å². The van der Waals surface area contributed by atoms with Gasteiger partial charge in [-0.3, -0.25) is 9.59 Å². The molecule has 0 bridgehead atoms. The number of nitrogens with one attached hydrogen (secondary N) is 1. The summed E-state index contributed by atoms with van der Waals surface area (Å²) < 4.78 is 0. The second-order valence-electron chi connectivity index (χ2n) is 6.05. The van der Waals surface area contributed by atoms with E-state index in [-0.39, 0.29) is 24.3 Å². The first-order chi connectivity index (χ1) is 9.51. The first kappa shape index (κ1) is 17.0. The van der Waals surface area contributed by atoms with Crippen LogP contribution in [0.1, 0.15) is 58.3 Å². The van der Waals surface area contributed by atoms with Gasteiger partial charge in [0.25, 0.3) is 0 Å². The van der Waals surface area contributed by atoms with E-state index >= 15 is 0 Å². The number of rotatable bonds is 9. The monoisotopic (exact) mass is 285 g/mol. The molecule has 1 fully saturated rings. The minimum atomic E-state index is -0.814. The number of aliphatic hydroxyl groups excluding tert-OH is 1. The summed E-state index contributed by atoms with van der Waals surface area (Å²) in [5.74, 6) is -0.570. The van der Waals surface area contributed by atoms with E-state index in [2.05, 4.69) is 5.32 Å². The number of hydrogen-bond acceptors (Lipinski definition) is 3. The highest BCUT2D eigenvalue weighted by Crippen LogP contribution is 2.43. The molecule has 1 amide bonds. The largest absolute Gasteiger partial charge is 0.481 e. The standard InChI is InChI=1S/C15H27NO4/c1-2-12(5-8-17)11-16-13(18)9-15(10-14(19)20)6-3-4-7-15/h12,17H,2-11H2,1H3,(H,16,18)(H,19,20). The summed E-state index contributed by atoms with van der Waals surface area (Å²) in [7, 11) is 0. The van der Waals surface area contributed by atoms with E-state index in [0.29, 0.717) is 25.3 Å². The highest BCUT2D eigenvalue weighted by atomic mass is 16.4. The Morgan fingerprint density at radius 2 is 1.90 bits per heavy atom. The number of aliphatic hydroxyl groups is 1. The predicted molar refractivity (Wildman–Crippen MR) is 76.3 cm³/mol. The average molecular weight is 285 g/mol. The van der Waals surface area contributed by atoms with Gasteiger partial charge in [0.05, 0.1) is 6.42 Å². The van der Waals surface area contributed by atoms with E-state index < -0.39 is 5.97 Å².